The summed E-state index contributed by atoms with van der Waals surface area (Å²) in [6.45, 7) is 2.84. The van der Waals surface area contributed by atoms with E-state index in [9.17, 15) is 9.59 Å². The summed E-state index contributed by atoms with van der Waals surface area (Å²) < 4.78 is 11.6. The first kappa shape index (κ1) is 23.9. The third-order valence-corrected chi connectivity index (χ3v) is 7.56. The van der Waals surface area contributed by atoms with Crippen LogP contribution < -0.4 is 10.1 Å². The number of ether oxygens (including phenoxy) is 2. The van der Waals surface area contributed by atoms with Crippen LogP contribution in [0.3, 0.4) is 0 Å². The molecule has 37 heavy (non-hydrogen) atoms. The van der Waals surface area contributed by atoms with Crippen LogP contribution >= 0.6 is 0 Å². The normalized spacial score (nSPS) is 18.7. The molecule has 1 aliphatic heterocycles. The summed E-state index contributed by atoms with van der Waals surface area (Å²) in [5.41, 5.74) is 3.91. The second kappa shape index (κ2) is 10.1. The molecule has 0 aromatic heterocycles. The van der Waals surface area contributed by atoms with Crippen molar-refractivity contribution in [1.82, 2.24) is 4.90 Å². The van der Waals surface area contributed by atoms with Crippen LogP contribution in [0, 0.1) is 0 Å². The largest absolute Gasteiger partial charge is 0.488 e. The third-order valence-electron chi connectivity index (χ3n) is 7.56. The van der Waals surface area contributed by atoms with Crippen LogP contribution in [0.2, 0.25) is 0 Å². The number of rotatable bonds is 9. The molecule has 3 aromatic carbocycles. The summed E-state index contributed by atoms with van der Waals surface area (Å²) in [4.78, 5) is 28.9. The standard InChI is InChI=1S/C31H32N2O4/c34-28(20-22-6-8-24(9-7-22)23-4-2-1-3-5-23)25-10-13-29(37-26-11-12-26)27(21-25)32-30(35)31(14-15-31)33-16-18-36-19-17-33/h1-10,13,21,26H,11-12,14-20H2,(H,32,35). The molecule has 1 heterocycles. The Morgan fingerprint density at radius 3 is 2.30 bits per heavy atom. The minimum atomic E-state index is -0.471. The van der Waals surface area contributed by atoms with Gasteiger partial charge in [-0.1, -0.05) is 54.6 Å². The SMILES string of the molecule is O=C(Cc1ccc(-c2ccccc2)cc1)c1ccc(OC2CC2)c(NC(=O)C2(N3CCOCC3)CC2)c1. The number of hydrogen-bond donors (Lipinski definition) is 1. The molecule has 3 fully saturated rings. The zero-order valence-corrected chi connectivity index (χ0v) is 20.9. The van der Waals surface area contributed by atoms with Crippen LogP contribution in [0.1, 0.15) is 41.6 Å². The summed E-state index contributed by atoms with van der Waals surface area (Å²) >= 11 is 0. The Balaban J connectivity index is 1.18. The number of morpholine rings is 1. The highest BCUT2D eigenvalue weighted by atomic mass is 16.5. The Kier molecular flexibility index (Phi) is 6.53. The van der Waals surface area contributed by atoms with Gasteiger partial charge >= 0.3 is 0 Å². The van der Waals surface area contributed by atoms with Crippen LogP contribution in [-0.4, -0.2) is 54.5 Å². The lowest BCUT2D eigenvalue weighted by Crippen LogP contribution is -2.51. The molecule has 6 nitrogen and oxygen atoms in total. The molecule has 1 N–H and O–H groups in total. The molecule has 3 aliphatic rings. The van der Waals surface area contributed by atoms with Gasteiger partial charge in [-0.3, -0.25) is 14.5 Å². The second-order valence-corrected chi connectivity index (χ2v) is 10.3. The van der Waals surface area contributed by atoms with Crippen molar-refractivity contribution in [2.24, 2.45) is 0 Å². The number of Topliss-reactive ketones (excluding diaryl/α,β-unsaturated/α-hetero) is 1. The number of amides is 1. The van der Waals surface area contributed by atoms with E-state index < -0.39 is 5.54 Å². The van der Waals surface area contributed by atoms with Crippen molar-refractivity contribution in [3.05, 3.63) is 83.9 Å². The minimum Gasteiger partial charge on any atom is -0.488 e. The Morgan fingerprint density at radius 1 is 0.919 bits per heavy atom. The predicted octanol–water partition coefficient (Wildman–Crippen LogP) is 5.12. The summed E-state index contributed by atoms with van der Waals surface area (Å²) in [6, 6.07) is 23.7. The zero-order valence-electron chi connectivity index (χ0n) is 20.9. The Hall–Kier alpha value is -3.48. The van der Waals surface area contributed by atoms with Gasteiger partial charge in [0.15, 0.2) is 5.78 Å². The number of hydrogen-bond acceptors (Lipinski definition) is 5. The minimum absolute atomic E-state index is 0.00949. The van der Waals surface area contributed by atoms with E-state index in [0.29, 0.717) is 36.6 Å². The maximum Gasteiger partial charge on any atom is 0.245 e. The fourth-order valence-corrected chi connectivity index (χ4v) is 5.04. The van der Waals surface area contributed by atoms with Gasteiger partial charge in [-0.05, 0) is 60.6 Å². The number of benzene rings is 3. The van der Waals surface area contributed by atoms with Crippen LogP contribution in [-0.2, 0) is 16.0 Å². The van der Waals surface area contributed by atoms with Gasteiger partial charge < -0.3 is 14.8 Å². The van der Waals surface area contributed by atoms with E-state index in [-0.39, 0.29) is 17.8 Å². The fraction of sp³-hybridized carbons (Fsp3) is 0.355. The van der Waals surface area contributed by atoms with Crippen LogP contribution in [0.25, 0.3) is 11.1 Å². The summed E-state index contributed by atoms with van der Waals surface area (Å²) in [5.74, 6) is 0.629. The van der Waals surface area contributed by atoms with Crippen molar-refractivity contribution in [2.45, 2.75) is 43.7 Å². The Morgan fingerprint density at radius 2 is 1.62 bits per heavy atom. The molecule has 1 amide bonds. The second-order valence-electron chi connectivity index (χ2n) is 10.3. The van der Waals surface area contributed by atoms with Gasteiger partial charge in [0, 0.05) is 25.1 Å². The topological polar surface area (TPSA) is 67.9 Å². The predicted molar refractivity (Wildman–Crippen MR) is 143 cm³/mol. The van der Waals surface area contributed by atoms with E-state index in [0.717, 1.165) is 55.5 Å². The fourth-order valence-electron chi connectivity index (χ4n) is 5.04. The quantitative estimate of drug-likeness (QED) is 0.417. The molecule has 6 rings (SSSR count). The van der Waals surface area contributed by atoms with Crippen molar-refractivity contribution < 1.29 is 19.1 Å². The highest BCUT2D eigenvalue weighted by Gasteiger charge is 2.54. The first-order valence-corrected chi connectivity index (χ1v) is 13.2. The van der Waals surface area contributed by atoms with Crippen molar-refractivity contribution in [1.29, 1.82) is 0 Å². The maximum absolute atomic E-state index is 13.4. The lowest BCUT2D eigenvalue weighted by molar-refractivity contribution is -0.124. The molecule has 2 saturated carbocycles. The molecular weight excluding hydrogens is 464 g/mol. The number of anilines is 1. The molecule has 3 aromatic rings. The van der Waals surface area contributed by atoms with Crippen molar-refractivity contribution in [2.75, 3.05) is 31.6 Å². The molecule has 0 spiro atoms. The lowest BCUT2D eigenvalue weighted by atomic mass is 9.99. The molecule has 0 bridgehead atoms. The average molecular weight is 497 g/mol. The average Bonchev–Trinajstić information content (AvgIpc) is 3.87. The molecule has 6 heteroatoms. The molecule has 0 unspecified atom stereocenters. The maximum atomic E-state index is 13.4. The zero-order chi connectivity index (χ0) is 25.2. The van der Waals surface area contributed by atoms with Crippen LogP contribution in [0.4, 0.5) is 5.69 Å². The van der Waals surface area contributed by atoms with Crippen molar-refractivity contribution in [3.8, 4) is 16.9 Å². The first-order chi connectivity index (χ1) is 18.1. The number of ketones is 1. The van der Waals surface area contributed by atoms with Crippen LogP contribution in [0.15, 0.2) is 72.8 Å². The smallest absolute Gasteiger partial charge is 0.245 e. The van der Waals surface area contributed by atoms with E-state index >= 15 is 0 Å². The summed E-state index contributed by atoms with van der Waals surface area (Å²) in [6.07, 6.45) is 4.21. The highest BCUT2D eigenvalue weighted by Crippen LogP contribution is 2.44. The van der Waals surface area contributed by atoms with Gasteiger partial charge in [-0.25, -0.2) is 0 Å². The Labute approximate surface area is 217 Å². The molecule has 0 radical (unpaired) electrons. The van der Waals surface area contributed by atoms with Crippen LogP contribution in [0.5, 0.6) is 5.75 Å². The van der Waals surface area contributed by atoms with E-state index in [1.807, 2.05) is 42.5 Å². The molecule has 1 saturated heterocycles. The van der Waals surface area contributed by atoms with E-state index in [2.05, 4.69) is 34.5 Å². The highest BCUT2D eigenvalue weighted by molar-refractivity contribution is 6.03. The molecular formula is C31H32N2O4. The van der Waals surface area contributed by atoms with Gasteiger partial charge in [-0.2, -0.15) is 0 Å². The molecule has 190 valence electrons. The van der Waals surface area contributed by atoms with Gasteiger partial charge in [-0.15, -0.1) is 0 Å². The van der Waals surface area contributed by atoms with Gasteiger partial charge in [0.2, 0.25) is 5.91 Å². The molecule has 0 atom stereocenters. The van der Waals surface area contributed by atoms with Gasteiger partial charge in [0.25, 0.3) is 0 Å². The van der Waals surface area contributed by atoms with E-state index in [1.165, 1.54) is 0 Å². The van der Waals surface area contributed by atoms with Gasteiger partial charge in [0.1, 0.15) is 11.3 Å². The monoisotopic (exact) mass is 496 g/mol. The van der Waals surface area contributed by atoms with Crippen molar-refractivity contribution >= 4 is 17.4 Å². The lowest BCUT2D eigenvalue weighted by Gasteiger charge is -2.34. The number of nitrogens with zero attached hydrogens (tertiary/aromatic N) is 1. The number of carbonyl (C=O) groups excluding carboxylic acids is 2. The van der Waals surface area contributed by atoms with Crippen molar-refractivity contribution in [3.63, 3.8) is 0 Å². The summed E-state index contributed by atoms with van der Waals surface area (Å²) in [5, 5.41) is 3.13. The molecule has 2 aliphatic carbocycles. The Bertz CT molecular complexity index is 1270. The number of nitrogens with one attached hydrogen (secondary N) is 1. The number of carbonyl (C=O) groups is 2. The third kappa shape index (κ3) is 5.31. The van der Waals surface area contributed by atoms with E-state index in [1.54, 1.807) is 6.07 Å². The van der Waals surface area contributed by atoms with Gasteiger partial charge in [0.05, 0.1) is 25.0 Å². The first-order valence-electron chi connectivity index (χ1n) is 13.2. The van der Waals surface area contributed by atoms with E-state index in [4.69, 9.17) is 9.47 Å². The summed E-state index contributed by atoms with van der Waals surface area (Å²) in [7, 11) is 0.